The summed E-state index contributed by atoms with van der Waals surface area (Å²) in [4.78, 5) is 3.88. The maximum absolute atomic E-state index is 12.4. The Balaban J connectivity index is 1.68. The first kappa shape index (κ1) is 16.2. The standard InChI is InChI=1S/C17H18N4O2S/c1-14(15-5-3-2-4-6-15)11-24(22,23)20-16-7-9-17(10-8-16)21-13-18-12-19-21/h2-10,12-14,20H,11H2,1H3. The van der Waals surface area contributed by atoms with Crippen LogP contribution in [0.25, 0.3) is 5.69 Å². The number of benzene rings is 2. The third kappa shape index (κ3) is 3.99. The summed E-state index contributed by atoms with van der Waals surface area (Å²) in [5, 5.41) is 4.03. The van der Waals surface area contributed by atoms with Gasteiger partial charge in [-0.3, -0.25) is 4.72 Å². The average molecular weight is 342 g/mol. The Morgan fingerprint density at radius 2 is 1.79 bits per heavy atom. The summed E-state index contributed by atoms with van der Waals surface area (Å²) < 4.78 is 28.9. The van der Waals surface area contributed by atoms with E-state index in [1.165, 1.54) is 6.33 Å². The van der Waals surface area contributed by atoms with Crippen molar-refractivity contribution in [1.29, 1.82) is 0 Å². The van der Waals surface area contributed by atoms with Gasteiger partial charge in [0.1, 0.15) is 12.7 Å². The molecule has 1 N–H and O–H groups in total. The van der Waals surface area contributed by atoms with E-state index >= 15 is 0 Å². The van der Waals surface area contributed by atoms with Crippen molar-refractivity contribution in [1.82, 2.24) is 14.8 Å². The first-order valence-electron chi connectivity index (χ1n) is 7.54. The fourth-order valence-electron chi connectivity index (χ4n) is 2.45. The van der Waals surface area contributed by atoms with Gasteiger partial charge in [0, 0.05) is 5.69 Å². The number of anilines is 1. The molecular formula is C17H18N4O2S. The van der Waals surface area contributed by atoms with Gasteiger partial charge in [-0.25, -0.2) is 18.1 Å². The Labute approximate surface area is 141 Å². The van der Waals surface area contributed by atoms with E-state index in [1.807, 2.05) is 37.3 Å². The fraction of sp³-hybridized carbons (Fsp3) is 0.176. The zero-order valence-electron chi connectivity index (χ0n) is 13.2. The lowest BCUT2D eigenvalue weighted by molar-refractivity contribution is 0.595. The van der Waals surface area contributed by atoms with Crippen LogP contribution in [0.15, 0.2) is 67.3 Å². The van der Waals surface area contributed by atoms with E-state index in [0.717, 1.165) is 11.3 Å². The highest BCUT2D eigenvalue weighted by molar-refractivity contribution is 7.92. The lowest BCUT2D eigenvalue weighted by Gasteiger charge is -2.14. The zero-order chi connectivity index (χ0) is 17.0. The third-order valence-corrected chi connectivity index (χ3v) is 5.15. The molecule has 124 valence electrons. The molecule has 0 fully saturated rings. The molecule has 1 heterocycles. The summed E-state index contributed by atoms with van der Waals surface area (Å²) >= 11 is 0. The molecule has 2 aromatic carbocycles. The number of hydrogen-bond acceptors (Lipinski definition) is 4. The molecule has 0 spiro atoms. The lowest BCUT2D eigenvalue weighted by Crippen LogP contribution is -2.20. The van der Waals surface area contributed by atoms with Gasteiger partial charge in [-0.05, 0) is 35.7 Å². The Hall–Kier alpha value is -2.67. The Morgan fingerprint density at radius 1 is 1.08 bits per heavy atom. The van der Waals surface area contributed by atoms with Gasteiger partial charge >= 0.3 is 0 Å². The molecule has 0 radical (unpaired) electrons. The maximum Gasteiger partial charge on any atom is 0.233 e. The van der Waals surface area contributed by atoms with Crippen LogP contribution >= 0.6 is 0 Å². The van der Waals surface area contributed by atoms with Crippen molar-refractivity contribution >= 4 is 15.7 Å². The van der Waals surface area contributed by atoms with Crippen LogP contribution in [-0.2, 0) is 10.0 Å². The molecular weight excluding hydrogens is 324 g/mol. The van der Waals surface area contributed by atoms with Crippen LogP contribution in [0.5, 0.6) is 0 Å². The number of rotatable bonds is 6. The van der Waals surface area contributed by atoms with Crippen molar-refractivity contribution in [2.45, 2.75) is 12.8 Å². The van der Waals surface area contributed by atoms with Gasteiger partial charge in [0.25, 0.3) is 0 Å². The summed E-state index contributed by atoms with van der Waals surface area (Å²) in [6.45, 7) is 1.91. The van der Waals surface area contributed by atoms with Crippen LogP contribution < -0.4 is 4.72 Å². The van der Waals surface area contributed by atoms with E-state index in [2.05, 4.69) is 14.8 Å². The molecule has 7 heteroatoms. The van der Waals surface area contributed by atoms with E-state index in [0.29, 0.717) is 5.69 Å². The highest BCUT2D eigenvalue weighted by atomic mass is 32.2. The fourth-order valence-corrected chi connectivity index (χ4v) is 3.88. The minimum Gasteiger partial charge on any atom is -0.284 e. The molecule has 3 rings (SSSR count). The predicted molar refractivity (Wildman–Crippen MR) is 93.6 cm³/mol. The van der Waals surface area contributed by atoms with Crippen LogP contribution in [0.2, 0.25) is 0 Å². The van der Waals surface area contributed by atoms with Crippen molar-refractivity contribution in [3.63, 3.8) is 0 Å². The molecule has 0 aliphatic heterocycles. The predicted octanol–water partition coefficient (Wildman–Crippen LogP) is 2.81. The summed E-state index contributed by atoms with van der Waals surface area (Å²) in [5.41, 5.74) is 2.34. The second kappa shape index (κ2) is 6.84. The number of hydrogen-bond donors (Lipinski definition) is 1. The van der Waals surface area contributed by atoms with Gasteiger partial charge in [-0.2, -0.15) is 5.10 Å². The van der Waals surface area contributed by atoms with E-state index in [1.54, 1.807) is 35.3 Å². The van der Waals surface area contributed by atoms with Crippen LogP contribution in [-0.4, -0.2) is 28.9 Å². The summed E-state index contributed by atoms with van der Waals surface area (Å²) in [5.74, 6) is -0.0555. The molecule has 3 aromatic rings. The number of nitrogens with zero attached hydrogens (tertiary/aromatic N) is 3. The molecule has 1 atom stereocenters. The van der Waals surface area contributed by atoms with E-state index in [-0.39, 0.29) is 11.7 Å². The van der Waals surface area contributed by atoms with Crippen LogP contribution in [0.3, 0.4) is 0 Å². The first-order chi connectivity index (χ1) is 11.5. The van der Waals surface area contributed by atoms with Crippen molar-refractivity contribution < 1.29 is 8.42 Å². The first-order valence-corrected chi connectivity index (χ1v) is 9.19. The normalized spacial score (nSPS) is 12.7. The molecule has 0 aliphatic rings. The molecule has 1 unspecified atom stereocenters. The van der Waals surface area contributed by atoms with Crippen molar-refractivity contribution in [3.05, 3.63) is 72.8 Å². The molecule has 0 aliphatic carbocycles. The maximum atomic E-state index is 12.4. The van der Waals surface area contributed by atoms with E-state index < -0.39 is 10.0 Å². The molecule has 24 heavy (non-hydrogen) atoms. The third-order valence-electron chi connectivity index (χ3n) is 3.66. The van der Waals surface area contributed by atoms with Gasteiger partial charge in [0.05, 0.1) is 11.4 Å². The number of aromatic nitrogens is 3. The van der Waals surface area contributed by atoms with Crippen molar-refractivity contribution in [2.24, 2.45) is 0 Å². The lowest BCUT2D eigenvalue weighted by atomic mass is 10.0. The molecule has 0 amide bonds. The van der Waals surface area contributed by atoms with Gasteiger partial charge < -0.3 is 0 Å². The molecule has 0 saturated heterocycles. The highest BCUT2D eigenvalue weighted by Gasteiger charge is 2.17. The Kier molecular flexibility index (Phi) is 4.61. The topological polar surface area (TPSA) is 76.9 Å². The van der Waals surface area contributed by atoms with Gasteiger partial charge in [0.2, 0.25) is 10.0 Å². The second-order valence-electron chi connectivity index (χ2n) is 5.58. The van der Waals surface area contributed by atoms with Gasteiger partial charge in [0.15, 0.2) is 0 Å². The van der Waals surface area contributed by atoms with Gasteiger partial charge in [-0.1, -0.05) is 37.3 Å². The van der Waals surface area contributed by atoms with Gasteiger partial charge in [-0.15, -0.1) is 0 Å². The average Bonchev–Trinajstić information content (AvgIpc) is 3.10. The van der Waals surface area contributed by atoms with Crippen molar-refractivity contribution in [3.8, 4) is 5.69 Å². The van der Waals surface area contributed by atoms with Crippen molar-refractivity contribution in [2.75, 3.05) is 10.5 Å². The molecule has 1 aromatic heterocycles. The SMILES string of the molecule is CC(CS(=O)(=O)Nc1ccc(-n2cncn2)cc1)c1ccccc1. The summed E-state index contributed by atoms with van der Waals surface area (Å²) in [6, 6.07) is 16.6. The van der Waals surface area contributed by atoms with Crippen LogP contribution in [0.1, 0.15) is 18.4 Å². The number of nitrogens with one attached hydrogen (secondary N) is 1. The second-order valence-corrected chi connectivity index (χ2v) is 7.35. The van der Waals surface area contributed by atoms with E-state index in [9.17, 15) is 8.42 Å². The summed E-state index contributed by atoms with van der Waals surface area (Å²) in [7, 11) is -3.43. The minimum atomic E-state index is -3.43. The monoisotopic (exact) mass is 342 g/mol. The van der Waals surface area contributed by atoms with Crippen LogP contribution in [0, 0.1) is 0 Å². The van der Waals surface area contributed by atoms with Crippen LogP contribution in [0.4, 0.5) is 5.69 Å². The highest BCUT2D eigenvalue weighted by Crippen LogP contribution is 2.19. The molecule has 6 nitrogen and oxygen atoms in total. The minimum absolute atomic E-state index is 0.0296. The number of sulfonamides is 1. The largest absolute Gasteiger partial charge is 0.284 e. The van der Waals surface area contributed by atoms with E-state index in [4.69, 9.17) is 0 Å². The Bertz CT molecular complexity index is 876. The molecule has 0 saturated carbocycles. The Morgan fingerprint density at radius 3 is 2.42 bits per heavy atom. The molecule has 0 bridgehead atoms. The summed E-state index contributed by atoms with van der Waals surface area (Å²) in [6.07, 6.45) is 3.03. The quantitative estimate of drug-likeness (QED) is 0.747. The smallest absolute Gasteiger partial charge is 0.233 e. The zero-order valence-corrected chi connectivity index (χ0v) is 14.0.